The topological polar surface area (TPSA) is 159 Å². The van der Waals surface area contributed by atoms with Crippen molar-refractivity contribution >= 4 is 44.7 Å². The minimum absolute atomic E-state index is 0.0732. The van der Waals surface area contributed by atoms with Gasteiger partial charge in [0.2, 0.25) is 26.9 Å². The largest absolute Gasteiger partial charge is 0.490 e. The molecule has 1 aliphatic heterocycles. The molecule has 4 aromatic rings. The molecule has 0 aliphatic carbocycles. The predicted octanol–water partition coefficient (Wildman–Crippen LogP) is 6.21. The third-order valence-corrected chi connectivity index (χ3v) is 10.7. The number of methoxy groups -OCH3 is 1. The Balaban J connectivity index is 1.44. The minimum atomic E-state index is -5.01. The van der Waals surface area contributed by atoms with Crippen molar-refractivity contribution in [3.63, 3.8) is 0 Å². The van der Waals surface area contributed by atoms with Crippen molar-refractivity contribution in [3.8, 4) is 5.75 Å². The molecule has 262 valence electrons. The number of nitrogens with zero attached hydrogens (tertiary/aromatic N) is 6. The molecule has 13 nitrogen and oxygen atoms in total. The van der Waals surface area contributed by atoms with Crippen LogP contribution in [0.2, 0.25) is 0 Å². The number of ether oxygens (including phenoxy) is 1. The average Bonchev–Trinajstić information content (AvgIpc) is 3.48. The van der Waals surface area contributed by atoms with Crippen molar-refractivity contribution in [1.82, 2.24) is 25.1 Å². The Labute approximate surface area is 285 Å². The van der Waals surface area contributed by atoms with E-state index in [1.165, 1.54) is 7.11 Å². The fourth-order valence-electron chi connectivity index (χ4n) is 5.41. The van der Waals surface area contributed by atoms with Crippen LogP contribution in [0.3, 0.4) is 0 Å². The molecule has 2 aromatic carbocycles. The zero-order chi connectivity index (χ0) is 35.5. The Morgan fingerprint density at radius 2 is 1.92 bits per heavy atom. The fraction of sp³-hybridized carbons (Fsp3) is 0.387. The highest BCUT2D eigenvalue weighted by Gasteiger charge is 2.35. The number of rotatable bonds is 13. The molecule has 3 heterocycles. The number of sulfone groups is 1. The number of hydrogen-bond acceptors (Lipinski definition) is 12. The van der Waals surface area contributed by atoms with Crippen LogP contribution in [0.1, 0.15) is 36.0 Å². The van der Waals surface area contributed by atoms with E-state index in [-0.39, 0.29) is 15.9 Å². The molecule has 0 spiro atoms. The number of H-pyrrole nitrogens is 1. The molecule has 0 amide bonds. The summed E-state index contributed by atoms with van der Waals surface area (Å²) in [6.45, 7) is 4.23. The zero-order valence-electron chi connectivity index (χ0n) is 27.1. The van der Waals surface area contributed by atoms with Crippen LogP contribution < -0.4 is 15.0 Å². The summed E-state index contributed by atoms with van der Waals surface area (Å²) in [6, 6.07) is 6.99. The maximum atomic E-state index is 15.5. The van der Waals surface area contributed by atoms with Crippen molar-refractivity contribution in [1.29, 1.82) is 0 Å². The van der Waals surface area contributed by atoms with Crippen LogP contribution in [0.25, 0.3) is 0 Å². The summed E-state index contributed by atoms with van der Waals surface area (Å²) in [5.74, 6) is -0.531. The number of aromatic amines is 1. The van der Waals surface area contributed by atoms with E-state index in [0.29, 0.717) is 42.5 Å². The first-order valence-corrected chi connectivity index (χ1v) is 17.6. The molecule has 0 bridgehead atoms. The highest BCUT2D eigenvalue weighted by atomic mass is 32.2. The van der Waals surface area contributed by atoms with Crippen LogP contribution in [0, 0.1) is 34.6 Å². The molecule has 1 aliphatic rings. The summed E-state index contributed by atoms with van der Waals surface area (Å²) in [5.41, 5.74) is -4.37. The lowest BCUT2D eigenvalue weighted by Crippen LogP contribution is -2.35. The van der Waals surface area contributed by atoms with Gasteiger partial charge in [0, 0.05) is 36.5 Å². The standard InChI is InChI=1S/C31H35F3N8O5S2/c1-18-16-25(39-38-18)35-29-27(47-4)30(41-14-11-19(12-15-41)10-13-40(2)3)37-31(36-29)48-24-9-8-20(17-22(24)32)49(45,46)28(34)21-6-5-7-23(26(21)33)42(43)44/h5-9,16-17,19,28H,10-15H2,1-4H3,(H2,35,36,37,38,39). The maximum Gasteiger partial charge on any atom is 0.305 e. The lowest BCUT2D eigenvalue weighted by atomic mass is 9.93. The van der Waals surface area contributed by atoms with Gasteiger partial charge >= 0.3 is 5.69 Å². The smallest absolute Gasteiger partial charge is 0.305 e. The van der Waals surface area contributed by atoms with Gasteiger partial charge in [-0.15, -0.1) is 0 Å². The van der Waals surface area contributed by atoms with Crippen molar-refractivity contribution < 1.29 is 31.2 Å². The average molecular weight is 721 g/mol. The number of anilines is 3. The summed E-state index contributed by atoms with van der Waals surface area (Å²) in [4.78, 5) is 22.6. The first-order chi connectivity index (χ1) is 23.3. The van der Waals surface area contributed by atoms with Crippen molar-refractivity contribution in [2.45, 2.75) is 46.6 Å². The van der Waals surface area contributed by atoms with E-state index >= 15 is 8.78 Å². The predicted molar refractivity (Wildman–Crippen MR) is 178 cm³/mol. The Bertz CT molecular complexity index is 1940. The van der Waals surface area contributed by atoms with Gasteiger partial charge in [0.1, 0.15) is 5.82 Å². The molecule has 2 N–H and O–H groups in total. The number of nitrogens with one attached hydrogen (secondary N) is 2. The highest BCUT2D eigenvalue weighted by molar-refractivity contribution is 7.99. The third kappa shape index (κ3) is 8.08. The summed E-state index contributed by atoms with van der Waals surface area (Å²) in [6.07, 6.45) is 2.94. The number of nitro groups is 1. The van der Waals surface area contributed by atoms with Crippen LogP contribution in [0.15, 0.2) is 57.4 Å². The Hall–Kier alpha value is -4.42. The first-order valence-electron chi connectivity index (χ1n) is 15.2. The molecule has 49 heavy (non-hydrogen) atoms. The molecule has 0 saturated carbocycles. The van der Waals surface area contributed by atoms with E-state index in [9.17, 15) is 22.9 Å². The lowest BCUT2D eigenvalue weighted by molar-refractivity contribution is -0.387. The number of alkyl halides is 1. The summed E-state index contributed by atoms with van der Waals surface area (Å²) < 4.78 is 77.3. The van der Waals surface area contributed by atoms with Gasteiger partial charge in [0.25, 0.3) is 0 Å². The van der Waals surface area contributed by atoms with Gasteiger partial charge in [-0.2, -0.15) is 9.49 Å². The van der Waals surface area contributed by atoms with Crippen molar-refractivity contribution in [3.05, 3.63) is 75.5 Å². The second-order valence-corrected chi connectivity index (χ2v) is 14.8. The molecular weight excluding hydrogens is 686 g/mol. The van der Waals surface area contributed by atoms with E-state index in [0.717, 1.165) is 73.6 Å². The van der Waals surface area contributed by atoms with Gasteiger partial charge in [0.15, 0.2) is 22.6 Å². The zero-order valence-corrected chi connectivity index (χ0v) is 28.7. The first kappa shape index (κ1) is 35.9. The molecule has 1 unspecified atom stereocenters. The minimum Gasteiger partial charge on any atom is -0.490 e. The van der Waals surface area contributed by atoms with E-state index < -0.39 is 48.0 Å². The number of halogens is 3. The van der Waals surface area contributed by atoms with Crippen LogP contribution in [-0.4, -0.2) is 79.2 Å². The Morgan fingerprint density at radius 1 is 1.18 bits per heavy atom. The molecular formula is C31H35F3N8O5S2. The van der Waals surface area contributed by atoms with Gasteiger partial charge in [-0.25, -0.2) is 27.2 Å². The number of benzene rings is 2. The summed E-state index contributed by atoms with van der Waals surface area (Å²) >= 11 is 0.808. The summed E-state index contributed by atoms with van der Waals surface area (Å²) in [7, 11) is 0.580. The number of aromatic nitrogens is 4. The van der Waals surface area contributed by atoms with Crippen LogP contribution >= 0.6 is 11.8 Å². The van der Waals surface area contributed by atoms with Gasteiger partial charge in [-0.3, -0.25) is 15.2 Å². The van der Waals surface area contributed by atoms with Crippen LogP contribution in [0.5, 0.6) is 5.75 Å². The van der Waals surface area contributed by atoms with Crippen molar-refractivity contribution in [2.24, 2.45) is 5.92 Å². The van der Waals surface area contributed by atoms with Crippen LogP contribution in [0.4, 0.5) is 36.3 Å². The molecule has 0 radical (unpaired) electrons. The molecule has 5 rings (SSSR count). The molecule has 1 fully saturated rings. The maximum absolute atomic E-state index is 15.5. The Morgan fingerprint density at radius 3 is 2.53 bits per heavy atom. The highest BCUT2D eigenvalue weighted by Crippen LogP contribution is 2.41. The molecule has 1 saturated heterocycles. The monoisotopic (exact) mass is 720 g/mol. The van der Waals surface area contributed by atoms with E-state index in [2.05, 4.69) is 30.3 Å². The van der Waals surface area contributed by atoms with Crippen molar-refractivity contribution in [2.75, 3.05) is 51.1 Å². The number of aryl methyl sites for hydroxylation is 1. The summed E-state index contributed by atoms with van der Waals surface area (Å²) in [5, 5.41) is 21.4. The van der Waals surface area contributed by atoms with Gasteiger partial charge in [0.05, 0.1) is 21.8 Å². The molecule has 1 atom stereocenters. The Kier molecular flexibility index (Phi) is 11.0. The lowest BCUT2D eigenvalue weighted by Gasteiger charge is -2.34. The van der Waals surface area contributed by atoms with Crippen LogP contribution in [-0.2, 0) is 9.84 Å². The van der Waals surface area contributed by atoms with E-state index in [1.54, 1.807) is 6.07 Å². The second kappa shape index (κ2) is 15.0. The number of nitro benzene ring substituents is 1. The van der Waals surface area contributed by atoms with Gasteiger partial charge in [-0.1, -0.05) is 12.1 Å². The van der Waals surface area contributed by atoms with Gasteiger partial charge in [-0.05, 0) is 82.7 Å². The molecule has 18 heteroatoms. The van der Waals surface area contributed by atoms with Gasteiger partial charge < -0.3 is 19.9 Å². The fourth-order valence-corrected chi connectivity index (χ4v) is 7.45. The van der Waals surface area contributed by atoms with E-state index in [4.69, 9.17) is 9.72 Å². The number of piperidine rings is 1. The number of hydrogen-bond donors (Lipinski definition) is 2. The second-order valence-electron chi connectivity index (χ2n) is 11.8. The quantitative estimate of drug-likeness (QED) is 0.0915. The molecule has 2 aromatic heterocycles. The van der Waals surface area contributed by atoms with E-state index in [1.807, 2.05) is 21.0 Å². The normalized spacial score (nSPS) is 14.7. The third-order valence-electron chi connectivity index (χ3n) is 8.04. The SMILES string of the molecule is COc1c(Nc2cc(C)[nH]n2)nc(Sc2ccc(S(=O)(=O)C(F)c3cccc([N+](=O)[O-])c3F)cc2F)nc1N1CCC(CCN(C)C)CC1.